The summed E-state index contributed by atoms with van der Waals surface area (Å²) in [6.45, 7) is 0.175. The van der Waals surface area contributed by atoms with Crippen molar-refractivity contribution < 1.29 is 17.6 Å². The Morgan fingerprint density at radius 1 is 1.21 bits per heavy atom. The summed E-state index contributed by atoms with van der Waals surface area (Å²) in [6, 6.07) is 10.8. The average Bonchev–Trinajstić information content (AvgIpc) is 3.18. The van der Waals surface area contributed by atoms with E-state index in [0.29, 0.717) is 24.4 Å². The second-order valence-corrected chi connectivity index (χ2v) is 7.57. The summed E-state index contributed by atoms with van der Waals surface area (Å²) in [5, 5.41) is 7.75. The topological polar surface area (TPSA) is 137 Å². The maximum atomic E-state index is 12.1. The van der Waals surface area contributed by atoms with E-state index in [2.05, 4.69) is 10.3 Å². The minimum Gasteiger partial charge on any atom is -0.463 e. The first-order chi connectivity index (χ1) is 13.3. The summed E-state index contributed by atoms with van der Waals surface area (Å²) in [5.41, 5.74) is 0.874. The highest BCUT2D eigenvalue weighted by molar-refractivity contribution is 7.89. The third kappa shape index (κ3) is 4.93. The van der Waals surface area contributed by atoms with Crippen molar-refractivity contribution in [3.8, 4) is 11.5 Å². The summed E-state index contributed by atoms with van der Waals surface area (Å²) in [5.74, 6) is 0.137. The van der Waals surface area contributed by atoms with Gasteiger partial charge in [-0.05, 0) is 36.2 Å². The molecule has 3 rings (SSSR count). The number of nitrogens with two attached hydrogens (primary N) is 1. The van der Waals surface area contributed by atoms with Crippen LogP contribution in [0.3, 0.4) is 0 Å². The third-order valence-corrected chi connectivity index (χ3v) is 4.88. The van der Waals surface area contributed by atoms with Crippen molar-refractivity contribution in [2.45, 2.75) is 17.9 Å². The first-order valence-electron chi connectivity index (χ1n) is 8.32. The first-order valence-corrected chi connectivity index (χ1v) is 9.86. The van der Waals surface area contributed by atoms with Gasteiger partial charge in [-0.15, -0.1) is 0 Å². The molecule has 0 aliphatic rings. The number of sulfonamides is 1. The van der Waals surface area contributed by atoms with Gasteiger partial charge in [0.15, 0.2) is 5.76 Å². The minimum absolute atomic E-state index is 0.0326. The van der Waals surface area contributed by atoms with Crippen LogP contribution in [0.2, 0.25) is 0 Å². The number of nitrogens with zero attached hydrogens (tertiary/aromatic N) is 2. The van der Waals surface area contributed by atoms with Crippen LogP contribution >= 0.6 is 0 Å². The van der Waals surface area contributed by atoms with Crippen LogP contribution in [0, 0.1) is 0 Å². The van der Waals surface area contributed by atoms with Crippen LogP contribution in [-0.4, -0.2) is 30.4 Å². The Bertz CT molecular complexity index is 1120. The van der Waals surface area contributed by atoms with Gasteiger partial charge in [-0.3, -0.25) is 14.2 Å². The molecule has 28 heavy (non-hydrogen) atoms. The van der Waals surface area contributed by atoms with Gasteiger partial charge in [-0.1, -0.05) is 12.1 Å². The zero-order valence-electron chi connectivity index (χ0n) is 14.7. The van der Waals surface area contributed by atoms with E-state index in [-0.39, 0.29) is 22.9 Å². The van der Waals surface area contributed by atoms with Gasteiger partial charge in [0, 0.05) is 12.6 Å². The van der Waals surface area contributed by atoms with Gasteiger partial charge in [0.2, 0.25) is 15.9 Å². The fraction of sp³-hybridized carbons (Fsp3) is 0.167. The van der Waals surface area contributed by atoms with Gasteiger partial charge in [-0.2, -0.15) is 0 Å². The minimum atomic E-state index is -3.72. The van der Waals surface area contributed by atoms with Gasteiger partial charge in [0.25, 0.3) is 5.56 Å². The van der Waals surface area contributed by atoms with Gasteiger partial charge in [-0.25, -0.2) is 18.5 Å². The second kappa shape index (κ2) is 8.19. The number of aromatic nitrogens is 2. The van der Waals surface area contributed by atoms with E-state index in [1.165, 1.54) is 35.4 Å². The monoisotopic (exact) mass is 402 g/mol. The van der Waals surface area contributed by atoms with Gasteiger partial charge in [0.05, 0.1) is 17.5 Å². The largest absolute Gasteiger partial charge is 0.463 e. The highest BCUT2D eigenvalue weighted by atomic mass is 32.2. The first kappa shape index (κ1) is 19.5. The molecule has 0 saturated carbocycles. The molecule has 0 aliphatic heterocycles. The molecule has 1 amide bonds. The highest BCUT2D eigenvalue weighted by Crippen LogP contribution is 2.14. The summed E-state index contributed by atoms with van der Waals surface area (Å²) in [4.78, 5) is 28.3. The fourth-order valence-electron chi connectivity index (χ4n) is 2.51. The van der Waals surface area contributed by atoms with E-state index in [4.69, 9.17) is 9.56 Å². The van der Waals surface area contributed by atoms with Gasteiger partial charge in [0.1, 0.15) is 12.2 Å². The average molecular weight is 402 g/mol. The normalized spacial score (nSPS) is 11.3. The lowest BCUT2D eigenvalue weighted by atomic mass is 10.1. The molecule has 2 aromatic heterocycles. The number of carbonyl (C=O) groups excluding carboxylic acids is 1. The van der Waals surface area contributed by atoms with Crippen LogP contribution in [0.1, 0.15) is 5.56 Å². The number of hydrogen-bond donors (Lipinski definition) is 2. The highest BCUT2D eigenvalue weighted by Gasteiger charge is 2.09. The zero-order valence-corrected chi connectivity index (χ0v) is 15.6. The predicted octanol–water partition coefficient (Wildman–Crippen LogP) is 0.510. The van der Waals surface area contributed by atoms with E-state index in [1.54, 1.807) is 24.3 Å². The van der Waals surface area contributed by atoms with Crippen LogP contribution in [-0.2, 0) is 27.8 Å². The standard InChI is InChI=1S/C18H18N4O5S/c19-28(25,26)14-5-3-13(4-6-14)7-8-20-17(23)11-22-12-21-15(10-18(22)24)16-2-1-9-27-16/h1-6,9-10,12H,7-8,11H2,(H,20,23)(H2,19,25,26). The van der Waals surface area contributed by atoms with Gasteiger partial charge < -0.3 is 9.73 Å². The van der Waals surface area contributed by atoms with Crippen LogP contribution in [0.25, 0.3) is 11.5 Å². The summed E-state index contributed by atoms with van der Waals surface area (Å²) in [7, 11) is -3.72. The molecule has 0 atom stereocenters. The molecule has 3 aromatic rings. The SMILES string of the molecule is NS(=O)(=O)c1ccc(CCNC(=O)Cn2cnc(-c3ccco3)cc2=O)cc1. The molecule has 0 radical (unpaired) electrons. The maximum absolute atomic E-state index is 12.1. The number of nitrogens with one attached hydrogen (secondary N) is 1. The number of rotatable bonds is 7. The summed E-state index contributed by atoms with van der Waals surface area (Å²) >= 11 is 0. The van der Waals surface area contributed by atoms with Crippen molar-refractivity contribution >= 4 is 15.9 Å². The molecule has 0 bridgehead atoms. The quantitative estimate of drug-likeness (QED) is 0.591. The van der Waals surface area contributed by atoms with Crippen LogP contribution in [0.4, 0.5) is 0 Å². The second-order valence-electron chi connectivity index (χ2n) is 6.01. The lowest BCUT2D eigenvalue weighted by molar-refractivity contribution is -0.121. The predicted molar refractivity (Wildman–Crippen MR) is 101 cm³/mol. The molecule has 1 aromatic carbocycles. The molecular formula is C18H18N4O5S. The van der Waals surface area contributed by atoms with E-state index in [9.17, 15) is 18.0 Å². The Balaban J connectivity index is 1.53. The number of primary sulfonamides is 1. The van der Waals surface area contributed by atoms with E-state index >= 15 is 0 Å². The van der Waals surface area contributed by atoms with E-state index < -0.39 is 10.0 Å². The lowest BCUT2D eigenvalue weighted by Gasteiger charge is -2.08. The Kier molecular flexibility index (Phi) is 5.71. The summed E-state index contributed by atoms with van der Waals surface area (Å²) in [6.07, 6.45) is 3.28. The zero-order chi connectivity index (χ0) is 20.1. The van der Waals surface area contributed by atoms with Crippen LogP contribution < -0.4 is 16.0 Å². The Morgan fingerprint density at radius 2 is 1.96 bits per heavy atom. The molecule has 10 heteroatoms. The summed E-state index contributed by atoms with van der Waals surface area (Å²) < 4.78 is 28.8. The van der Waals surface area contributed by atoms with Crippen molar-refractivity contribution in [1.82, 2.24) is 14.9 Å². The van der Waals surface area contributed by atoms with Gasteiger partial charge >= 0.3 is 0 Å². The van der Waals surface area contributed by atoms with Crippen LogP contribution in [0.5, 0.6) is 0 Å². The Morgan fingerprint density at radius 3 is 2.57 bits per heavy atom. The molecule has 0 unspecified atom stereocenters. The van der Waals surface area contributed by atoms with E-state index in [0.717, 1.165) is 5.56 Å². The van der Waals surface area contributed by atoms with Crippen molar-refractivity contribution in [3.05, 3.63) is 71.0 Å². The lowest BCUT2D eigenvalue weighted by Crippen LogP contribution is -2.33. The van der Waals surface area contributed by atoms with E-state index in [1.807, 2.05) is 0 Å². The number of amides is 1. The maximum Gasteiger partial charge on any atom is 0.254 e. The van der Waals surface area contributed by atoms with Crippen LogP contribution in [0.15, 0.2) is 69.2 Å². The molecule has 3 N–H and O–H groups in total. The molecule has 146 valence electrons. The number of carbonyl (C=O) groups is 1. The molecule has 9 nitrogen and oxygen atoms in total. The third-order valence-electron chi connectivity index (χ3n) is 3.95. The molecule has 0 fully saturated rings. The number of hydrogen-bond acceptors (Lipinski definition) is 6. The Hall–Kier alpha value is -3.24. The van der Waals surface area contributed by atoms with Crippen molar-refractivity contribution in [2.24, 2.45) is 5.14 Å². The number of benzene rings is 1. The molecule has 0 aliphatic carbocycles. The molecular weight excluding hydrogens is 384 g/mol. The van der Waals surface area contributed by atoms with Crippen molar-refractivity contribution in [3.63, 3.8) is 0 Å². The molecule has 2 heterocycles. The smallest absolute Gasteiger partial charge is 0.254 e. The number of furan rings is 1. The molecule has 0 saturated heterocycles. The van der Waals surface area contributed by atoms with Crippen molar-refractivity contribution in [2.75, 3.05) is 6.54 Å². The fourth-order valence-corrected chi connectivity index (χ4v) is 3.02. The molecule has 0 spiro atoms. The van der Waals surface area contributed by atoms with Crippen molar-refractivity contribution in [1.29, 1.82) is 0 Å². The Labute approximate surface area is 160 Å².